The summed E-state index contributed by atoms with van der Waals surface area (Å²) < 4.78 is 1.43. The molecule has 0 spiro atoms. The van der Waals surface area contributed by atoms with E-state index in [1.54, 1.807) is 0 Å². The van der Waals surface area contributed by atoms with Gasteiger partial charge in [0.25, 0.3) is 0 Å². The fourth-order valence-electron chi connectivity index (χ4n) is 1.32. The maximum Gasteiger partial charge on any atom is 0.355 e. The Balaban J connectivity index is 3.18. The summed E-state index contributed by atoms with van der Waals surface area (Å²) in [6.07, 6.45) is 1.62. The number of aromatic nitrogens is 2. The van der Waals surface area contributed by atoms with Gasteiger partial charge in [0.2, 0.25) is 0 Å². The molecule has 0 fully saturated rings. The molecule has 78 valence electrons. The molecule has 0 amide bonds. The van der Waals surface area contributed by atoms with Gasteiger partial charge in [-0.05, 0) is 13.3 Å². The number of aryl methyl sites for hydroxylation is 2. The van der Waals surface area contributed by atoms with Crippen molar-refractivity contribution >= 4 is 17.6 Å². The highest BCUT2D eigenvalue weighted by Gasteiger charge is 2.20. The molecule has 0 saturated heterocycles. The minimum absolute atomic E-state index is 0.0950. The quantitative estimate of drug-likeness (QED) is 0.840. The van der Waals surface area contributed by atoms with E-state index in [-0.39, 0.29) is 10.7 Å². The molecule has 1 N–H and O–H groups in total. The molecular formula is C9H13ClN2O2. The second-order valence-electron chi connectivity index (χ2n) is 2.98. The lowest BCUT2D eigenvalue weighted by Crippen LogP contribution is -2.08. The van der Waals surface area contributed by atoms with Gasteiger partial charge in [0.1, 0.15) is 0 Å². The van der Waals surface area contributed by atoms with Crippen LogP contribution in [0.5, 0.6) is 0 Å². The van der Waals surface area contributed by atoms with Crippen molar-refractivity contribution in [3.05, 3.63) is 16.4 Å². The number of carboxylic acid groups (broad SMARTS) is 1. The molecule has 0 atom stereocenters. The minimum Gasteiger partial charge on any atom is -0.476 e. The van der Waals surface area contributed by atoms with E-state index in [1.807, 2.05) is 13.8 Å². The van der Waals surface area contributed by atoms with Crippen LogP contribution in [0.1, 0.15) is 36.5 Å². The normalized spacial score (nSPS) is 10.5. The monoisotopic (exact) mass is 216 g/mol. The first-order valence-corrected chi connectivity index (χ1v) is 4.98. The number of halogens is 1. The maximum atomic E-state index is 10.9. The van der Waals surface area contributed by atoms with Crippen LogP contribution in [0.3, 0.4) is 0 Å². The highest BCUT2D eigenvalue weighted by Crippen LogP contribution is 2.22. The van der Waals surface area contributed by atoms with Crippen LogP contribution >= 0.6 is 11.6 Å². The molecule has 0 aromatic carbocycles. The van der Waals surface area contributed by atoms with Crippen LogP contribution < -0.4 is 0 Å². The molecule has 0 bridgehead atoms. The first kappa shape index (κ1) is 11.0. The van der Waals surface area contributed by atoms with Crippen LogP contribution in [0, 0.1) is 0 Å². The fraction of sp³-hybridized carbons (Fsp3) is 0.556. The van der Waals surface area contributed by atoms with Crippen molar-refractivity contribution < 1.29 is 9.90 Å². The predicted molar refractivity (Wildman–Crippen MR) is 53.9 cm³/mol. The van der Waals surface area contributed by atoms with E-state index in [0.717, 1.165) is 6.42 Å². The third-order valence-electron chi connectivity index (χ3n) is 1.95. The van der Waals surface area contributed by atoms with E-state index in [1.165, 1.54) is 4.68 Å². The number of carboxylic acids is 1. The molecule has 0 radical (unpaired) electrons. The van der Waals surface area contributed by atoms with Crippen molar-refractivity contribution in [1.29, 1.82) is 0 Å². The third-order valence-corrected chi connectivity index (χ3v) is 2.35. The number of aromatic carboxylic acids is 1. The second-order valence-corrected chi connectivity index (χ2v) is 3.36. The summed E-state index contributed by atoms with van der Waals surface area (Å²) in [7, 11) is 0. The molecule has 5 heteroatoms. The lowest BCUT2D eigenvalue weighted by Gasteiger charge is -1.97. The van der Waals surface area contributed by atoms with Crippen LogP contribution in [0.15, 0.2) is 0 Å². The standard InChI is InChI=1S/C9H13ClN2O2/c1-3-5-6-7(10)8(9(13)14)12(4-2)11-6/h3-5H2,1-2H3,(H,13,14). The number of nitrogens with zero attached hydrogens (tertiary/aromatic N) is 2. The Morgan fingerprint density at radius 1 is 1.57 bits per heavy atom. The summed E-state index contributed by atoms with van der Waals surface area (Å²) in [5.41, 5.74) is 0.769. The molecule has 4 nitrogen and oxygen atoms in total. The molecule has 1 rings (SSSR count). The molecule has 0 aliphatic rings. The Morgan fingerprint density at radius 2 is 2.21 bits per heavy atom. The molecule has 0 unspecified atom stereocenters. The number of carbonyl (C=O) groups is 1. The van der Waals surface area contributed by atoms with Crippen molar-refractivity contribution in [3.63, 3.8) is 0 Å². The zero-order valence-corrected chi connectivity index (χ0v) is 9.01. The number of hydrogen-bond donors (Lipinski definition) is 1. The Bertz CT molecular complexity index is 347. The zero-order chi connectivity index (χ0) is 10.7. The molecule has 14 heavy (non-hydrogen) atoms. The van der Waals surface area contributed by atoms with Crippen molar-refractivity contribution in [3.8, 4) is 0 Å². The van der Waals surface area contributed by atoms with E-state index < -0.39 is 5.97 Å². The van der Waals surface area contributed by atoms with E-state index in [4.69, 9.17) is 16.7 Å². The SMILES string of the molecule is CCCc1nn(CC)c(C(=O)O)c1Cl. The van der Waals surface area contributed by atoms with E-state index >= 15 is 0 Å². The second kappa shape index (κ2) is 4.46. The van der Waals surface area contributed by atoms with Gasteiger partial charge >= 0.3 is 5.97 Å². The van der Waals surface area contributed by atoms with Crippen LogP contribution in [0.2, 0.25) is 5.02 Å². The van der Waals surface area contributed by atoms with E-state index in [2.05, 4.69) is 5.10 Å². The first-order valence-electron chi connectivity index (χ1n) is 4.60. The van der Waals surface area contributed by atoms with Gasteiger partial charge in [-0.2, -0.15) is 5.10 Å². The lowest BCUT2D eigenvalue weighted by molar-refractivity contribution is 0.0683. The largest absolute Gasteiger partial charge is 0.476 e. The molecule has 0 aliphatic heterocycles. The Morgan fingerprint density at radius 3 is 2.57 bits per heavy atom. The van der Waals surface area contributed by atoms with Crippen LogP contribution in [-0.2, 0) is 13.0 Å². The van der Waals surface area contributed by atoms with Gasteiger partial charge in [0.15, 0.2) is 5.69 Å². The van der Waals surface area contributed by atoms with Gasteiger partial charge in [-0.3, -0.25) is 4.68 Å². The third kappa shape index (κ3) is 1.90. The number of rotatable bonds is 4. The Hall–Kier alpha value is -1.03. The summed E-state index contributed by atoms with van der Waals surface area (Å²) in [5.74, 6) is -1.02. The molecule has 0 aliphatic carbocycles. The summed E-state index contributed by atoms with van der Waals surface area (Å²) in [4.78, 5) is 10.9. The van der Waals surface area contributed by atoms with Gasteiger partial charge in [0.05, 0.1) is 10.7 Å². The fourth-order valence-corrected chi connectivity index (χ4v) is 1.63. The topological polar surface area (TPSA) is 55.1 Å². The van der Waals surface area contributed by atoms with Crippen LogP contribution in [0.25, 0.3) is 0 Å². The van der Waals surface area contributed by atoms with Crippen molar-refractivity contribution in [2.75, 3.05) is 0 Å². The van der Waals surface area contributed by atoms with Crippen LogP contribution in [-0.4, -0.2) is 20.9 Å². The Labute approximate surface area is 87.5 Å². The van der Waals surface area contributed by atoms with Gasteiger partial charge in [-0.15, -0.1) is 0 Å². The number of hydrogen-bond acceptors (Lipinski definition) is 2. The molecule has 0 saturated carbocycles. The average molecular weight is 217 g/mol. The molecule has 1 aromatic rings. The smallest absolute Gasteiger partial charge is 0.355 e. The summed E-state index contributed by atoms with van der Waals surface area (Å²) in [6, 6.07) is 0. The lowest BCUT2D eigenvalue weighted by atomic mass is 10.2. The summed E-state index contributed by atoms with van der Waals surface area (Å²) in [5, 5.41) is 13.3. The van der Waals surface area contributed by atoms with Gasteiger partial charge in [-0.1, -0.05) is 24.9 Å². The average Bonchev–Trinajstić information content (AvgIpc) is 2.44. The van der Waals surface area contributed by atoms with E-state index in [9.17, 15) is 4.79 Å². The highest BCUT2D eigenvalue weighted by atomic mass is 35.5. The summed E-state index contributed by atoms with van der Waals surface area (Å²) >= 11 is 5.92. The zero-order valence-electron chi connectivity index (χ0n) is 8.25. The highest BCUT2D eigenvalue weighted by molar-refractivity contribution is 6.33. The van der Waals surface area contributed by atoms with Crippen LogP contribution in [0.4, 0.5) is 0 Å². The molecular weight excluding hydrogens is 204 g/mol. The maximum absolute atomic E-state index is 10.9. The Kier molecular flexibility index (Phi) is 3.52. The van der Waals surface area contributed by atoms with Crippen molar-refractivity contribution in [1.82, 2.24) is 9.78 Å². The first-order chi connectivity index (χ1) is 6.61. The minimum atomic E-state index is -1.02. The molecule has 1 aromatic heterocycles. The molecule has 1 heterocycles. The van der Waals surface area contributed by atoms with Gasteiger partial charge in [0, 0.05) is 6.54 Å². The van der Waals surface area contributed by atoms with Crippen molar-refractivity contribution in [2.24, 2.45) is 0 Å². The predicted octanol–water partition coefficient (Wildman–Crippen LogP) is 2.21. The van der Waals surface area contributed by atoms with Crippen molar-refractivity contribution in [2.45, 2.75) is 33.2 Å². The van der Waals surface area contributed by atoms with Gasteiger partial charge in [-0.25, -0.2) is 4.79 Å². The van der Waals surface area contributed by atoms with Gasteiger partial charge < -0.3 is 5.11 Å². The van der Waals surface area contributed by atoms with E-state index in [0.29, 0.717) is 18.7 Å². The summed E-state index contributed by atoms with van der Waals surface area (Å²) in [6.45, 7) is 4.36.